The summed E-state index contributed by atoms with van der Waals surface area (Å²) in [4.78, 5) is 22.0. The van der Waals surface area contributed by atoms with Crippen LogP contribution >= 0.6 is 33.4 Å². The topological polar surface area (TPSA) is 88.2 Å². The van der Waals surface area contributed by atoms with Gasteiger partial charge < -0.3 is 20.1 Å². The van der Waals surface area contributed by atoms with Crippen LogP contribution < -0.4 is 20.1 Å². The van der Waals surface area contributed by atoms with E-state index in [1.807, 2.05) is 66.7 Å². The van der Waals surface area contributed by atoms with Crippen LogP contribution in [0.4, 0.5) is 23.0 Å². The number of methoxy groups -OCH3 is 1. The molecule has 168 valence electrons. The van der Waals surface area contributed by atoms with E-state index < -0.39 is 0 Å². The van der Waals surface area contributed by atoms with Gasteiger partial charge in [0.1, 0.15) is 5.75 Å². The molecular formula is C23H20ClN5O2S2. The molecule has 4 rings (SSSR count). The summed E-state index contributed by atoms with van der Waals surface area (Å²) >= 11 is 5.97. The van der Waals surface area contributed by atoms with Crippen molar-refractivity contribution in [1.82, 2.24) is 9.97 Å². The zero-order valence-electron chi connectivity index (χ0n) is 17.8. The number of nitrogens with one attached hydrogen (secondary N) is 3. The zero-order valence-corrected chi connectivity index (χ0v) is 20.1. The van der Waals surface area contributed by atoms with Gasteiger partial charge in [0.05, 0.1) is 18.1 Å². The van der Waals surface area contributed by atoms with Gasteiger partial charge in [0.2, 0.25) is 5.91 Å². The van der Waals surface area contributed by atoms with Gasteiger partial charge in [0.15, 0.2) is 11.6 Å². The molecule has 0 atom stereocenters. The normalized spacial score (nSPS) is 10.6. The first-order valence-electron chi connectivity index (χ1n) is 9.86. The van der Waals surface area contributed by atoms with Crippen LogP contribution in [0.1, 0.15) is 6.92 Å². The molecule has 4 aromatic rings. The van der Waals surface area contributed by atoms with Crippen molar-refractivity contribution in [1.29, 1.82) is 0 Å². The van der Waals surface area contributed by atoms with Crippen LogP contribution in [0.25, 0.3) is 11.0 Å². The second kappa shape index (κ2) is 10.7. The lowest BCUT2D eigenvalue weighted by Gasteiger charge is -2.14. The van der Waals surface area contributed by atoms with Crippen molar-refractivity contribution in [3.63, 3.8) is 0 Å². The molecule has 0 fully saturated rings. The monoisotopic (exact) mass is 497 g/mol. The van der Waals surface area contributed by atoms with E-state index in [1.54, 1.807) is 17.9 Å². The van der Waals surface area contributed by atoms with E-state index in [-0.39, 0.29) is 5.91 Å². The lowest BCUT2D eigenvalue weighted by atomic mass is 10.2. The van der Waals surface area contributed by atoms with Crippen LogP contribution in [-0.2, 0) is 4.79 Å². The number of anilines is 4. The fourth-order valence-electron chi connectivity index (χ4n) is 2.93. The first-order chi connectivity index (χ1) is 16.0. The maximum absolute atomic E-state index is 11.4. The maximum atomic E-state index is 11.4. The van der Waals surface area contributed by atoms with Crippen molar-refractivity contribution >= 4 is 73.3 Å². The molecule has 3 N–H and O–H groups in total. The predicted octanol–water partition coefficient (Wildman–Crippen LogP) is 6.76. The first kappa shape index (κ1) is 23.0. The summed E-state index contributed by atoms with van der Waals surface area (Å²) in [6.45, 7) is 1.47. The Bertz CT molecular complexity index is 1290. The number of carbonyl (C=O) groups is 1. The van der Waals surface area contributed by atoms with Gasteiger partial charge in [-0.2, -0.15) is 0 Å². The number of amides is 1. The minimum atomic E-state index is -0.136. The Morgan fingerprint density at radius 1 is 0.939 bits per heavy atom. The first-order valence-corrected chi connectivity index (χ1v) is 12.4. The second-order valence-electron chi connectivity index (χ2n) is 6.89. The smallest absolute Gasteiger partial charge is 0.221 e. The molecule has 0 radical (unpaired) electrons. The summed E-state index contributed by atoms with van der Waals surface area (Å²) in [6, 6.07) is 20.5. The number of rotatable bonds is 8. The van der Waals surface area contributed by atoms with E-state index in [2.05, 4.69) is 15.4 Å². The van der Waals surface area contributed by atoms with E-state index in [4.69, 9.17) is 26.3 Å². The van der Waals surface area contributed by atoms with Gasteiger partial charge in [0.25, 0.3) is 0 Å². The molecule has 3 aromatic carbocycles. The molecule has 0 saturated carbocycles. The molecule has 0 unspecified atom stereocenters. The molecule has 1 aromatic heterocycles. The Labute approximate surface area is 204 Å². The maximum Gasteiger partial charge on any atom is 0.221 e. The summed E-state index contributed by atoms with van der Waals surface area (Å²) < 4.78 is 8.60. The molecule has 7 nitrogen and oxygen atoms in total. The SMILES string of the molecule is COc1ccc2nc(NSSc3ccc(Cl)cc3)c(Nc3cccc(NC(C)=O)c3)nc2c1. The molecule has 0 bridgehead atoms. The molecule has 0 aliphatic heterocycles. The van der Waals surface area contributed by atoms with Crippen LogP contribution in [0.2, 0.25) is 5.02 Å². The third-order valence-electron chi connectivity index (χ3n) is 4.41. The average molecular weight is 498 g/mol. The van der Waals surface area contributed by atoms with Crippen LogP contribution in [0.15, 0.2) is 71.6 Å². The third kappa shape index (κ3) is 6.22. The highest BCUT2D eigenvalue weighted by Crippen LogP contribution is 2.35. The highest BCUT2D eigenvalue weighted by molar-refractivity contribution is 8.77. The van der Waals surface area contributed by atoms with E-state index in [0.29, 0.717) is 33.6 Å². The summed E-state index contributed by atoms with van der Waals surface area (Å²) in [7, 11) is 4.57. The zero-order chi connectivity index (χ0) is 23.2. The second-order valence-corrected chi connectivity index (χ2v) is 9.33. The van der Waals surface area contributed by atoms with Gasteiger partial charge in [-0.15, -0.1) is 0 Å². The van der Waals surface area contributed by atoms with E-state index in [0.717, 1.165) is 16.1 Å². The fourth-order valence-corrected chi connectivity index (χ4v) is 4.65. The van der Waals surface area contributed by atoms with Gasteiger partial charge in [-0.25, -0.2) is 9.97 Å². The molecule has 0 spiro atoms. The third-order valence-corrected chi connectivity index (χ3v) is 6.56. The Morgan fingerprint density at radius 2 is 1.70 bits per heavy atom. The van der Waals surface area contributed by atoms with Crippen LogP contribution in [0.3, 0.4) is 0 Å². The number of aromatic nitrogens is 2. The summed E-state index contributed by atoms with van der Waals surface area (Å²) in [5.41, 5.74) is 2.87. The van der Waals surface area contributed by atoms with Crippen LogP contribution in [0, 0.1) is 0 Å². The lowest BCUT2D eigenvalue weighted by Crippen LogP contribution is -2.06. The van der Waals surface area contributed by atoms with Crippen molar-refractivity contribution in [2.45, 2.75) is 11.8 Å². The molecule has 10 heteroatoms. The van der Waals surface area contributed by atoms with Crippen molar-refractivity contribution < 1.29 is 9.53 Å². The molecule has 0 saturated heterocycles. The highest BCUT2D eigenvalue weighted by atomic mass is 35.5. The van der Waals surface area contributed by atoms with Gasteiger partial charge in [-0.1, -0.05) is 17.7 Å². The highest BCUT2D eigenvalue weighted by Gasteiger charge is 2.12. The minimum absolute atomic E-state index is 0.136. The Kier molecular flexibility index (Phi) is 7.43. The molecule has 1 heterocycles. The van der Waals surface area contributed by atoms with Crippen molar-refractivity contribution in [2.75, 3.05) is 22.5 Å². The number of ether oxygens (including phenoxy) is 1. The molecule has 0 aliphatic carbocycles. The molecule has 1 amide bonds. The fraction of sp³-hybridized carbons (Fsp3) is 0.0870. The number of carbonyl (C=O) groups excluding carboxylic acids is 1. The molecule has 33 heavy (non-hydrogen) atoms. The predicted molar refractivity (Wildman–Crippen MR) is 139 cm³/mol. The molecule has 0 aliphatic rings. The summed E-state index contributed by atoms with van der Waals surface area (Å²) in [5.74, 6) is 1.68. The van der Waals surface area contributed by atoms with Gasteiger partial charge in [-0.05, 0) is 65.4 Å². The van der Waals surface area contributed by atoms with E-state index in [9.17, 15) is 4.79 Å². The number of hydrogen-bond acceptors (Lipinski definition) is 8. The van der Waals surface area contributed by atoms with Gasteiger partial charge in [0, 0.05) is 45.3 Å². The number of nitrogens with zero attached hydrogens (tertiary/aromatic N) is 2. The number of fused-ring (bicyclic) bond motifs is 1. The van der Waals surface area contributed by atoms with Crippen LogP contribution in [0.5, 0.6) is 5.75 Å². The standard InChI is InChI=1S/C23H20ClN5O2S2/c1-14(30)25-16-4-3-5-17(12-16)26-22-23(29-33-32-19-9-6-15(24)7-10-19)27-20-11-8-18(31-2)13-21(20)28-22/h3-13H,1-2H3,(H,25,30)(H,26,28)(H,27,29). The van der Waals surface area contributed by atoms with E-state index >= 15 is 0 Å². The number of hydrogen-bond donors (Lipinski definition) is 3. The van der Waals surface area contributed by atoms with Crippen LogP contribution in [-0.4, -0.2) is 23.0 Å². The van der Waals surface area contributed by atoms with Crippen molar-refractivity contribution in [3.05, 3.63) is 71.8 Å². The van der Waals surface area contributed by atoms with Crippen molar-refractivity contribution in [2.24, 2.45) is 0 Å². The van der Waals surface area contributed by atoms with Gasteiger partial charge >= 0.3 is 0 Å². The Balaban J connectivity index is 1.61. The number of halogens is 1. The Morgan fingerprint density at radius 3 is 2.45 bits per heavy atom. The molecular weight excluding hydrogens is 478 g/mol. The number of benzene rings is 3. The summed E-state index contributed by atoms with van der Waals surface area (Å²) in [6.07, 6.45) is 0. The van der Waals surface area contributed by atoms with Gasteiger partial charge in [-0.3, -0.25) is 4.79 Å². The minimum Gasteiger partial charge on any atom is -0.497 e. The largest absolute Gasteiger partial charge is 0.497 e. The Hall–Kier alpha value is -3.14. The van der Waals surface area contributed by atoms with E-state index in [1.165, 1.54) is 17.9 Å². The lowest BCUT2D eigenvalue weighted by molar-refractivity contribution is -0.114. The summed E-state index contributed by atoms with van der Waals surface area (Å²) in [5, 5.41) is 6.78. The average Bonchev–Trinajstić information content (AvgIpc) is 2.80. The van der Waals surface area contributed by atoms with Crippen molar-refractivity contribution in [3.8, 4) is 5.75 Å². The quantitative estimate of drug-likeness (QED) is 0.182.